The number of rotatable bonds is 2. The zero-order valence-corrected chi connectivity index (χ0v) is 10.2. The van der Waals surface area contributed by atoms with Gasteiger partial charge in [0.05, 0.1) is 0 Å². The molecule has 0 spiro atoms. The van der Waals surface area contributed by atoms with Crippen molar-refractivity contribution >= 4 is 29.9 Å². The van der Waals surface area contributed by atoms with Crippen molar-refractivity contribution in [2.24, 2.45) is 0 Å². The molecule has 2 N–H and O–H groups in total. The van der Waals surface area contributed by atoms with Crippen LogP contribution in [0, 0.1) is 0 Å². The minimum Gasteiger partial charge on any atom is -0.440 e. The van der Waals surface area contributed by atoms with Gasteiger partial charge < -0.3 is 15.1 Å². The molecule has 0 saturated carbocycles. The van der Waals surface area contributed by atoms with Gasteiger partial charge in [0.25, 0.3) is 5.91 Å². The lowest BCUT2D eigenvalue weighted by Gasteiger charge is -2.23. The van der Waals surface area contributed by atoms with Crippen LogP contribution in [0.2, 0.25) is 5.22 Å². The number of furan rings is 1. The fourth-order valence-electron chi connectivity index (χ4n) is 1.66. The number of piperidine rings is 1. The summed E-state index contributed by atoms with van der Waals surface area (Å²) in [5, 5.41) is 6.39. The van der Waals surface area contributed by atoms with Gasteiger partial charge in [-0.05, 0) is 49.7 Å². The Morgan fingerprint density at radius 1 is 1.44 bits per heavy atom. The fraction of sp³-hybridized carbons (Fsp3) is 0.500. The van der Waals surface area contributed by atoms with E-state index in [0.29, 0.717) is 0 Å². The Labute approximate surface area is 105 Å². The number of halogens is 2. The van der Waals surface area contributed by atoms with Gasteiger partial charge >= 0.3 is 0 Å². The minimum absolute atomic E-state index is 0. The highest BCUT2D eigenvalue weighted by atomic mass is 35.5. The summed E-state index contributed by atoms with van der Waals surface area (Å²) in [5.74, 6) is 0.0901. The van der Waals surface area contributed by atoms with Crippen molar-refractivity contribution in [2.45, 2.75) is 18.9 Å². The lowest BCUT2D eigenvalue weighted by molar-refractivity contribution is 0.0901. The van der Waals surface area contributed by atoms with Gasteiger partial charge in [-0.15, -0.1) is 12.4 Å². The number of carbonyl (C=O) groups excluding carboxylic acids is 1. The van der Waals surface area contributed by atoms with E-state index in [0.717, 1.165) is 25.9 Å². The maximum atomic E-state index is 11.6. The molecular weight excluding hydrogens is 251 g/mol. The second kappa shape index (κ2) is 6.13. The molecule has 2 rings (SSSR count). The SMILES string of the molecule is Cl.O=C(NC1CCNCC1)c1ccc(Cl)o1. The third-order valence-corrected chi connectivity index (χ3v) is 2.67. The standard InChI is InChI=1S/C10H13ClN2O2.ClH/c11-9-2-1-8(15-9)10(14)13-7-3-5-12-6-4-7;/h1-2,7,12H,3-6H2,(H,13,14);1H. The summed E-state index contributed by atoms with van der Waals surface area (Å²) in [6.07, 6.45) is 1.92. The van der Waals surface area contributed by atoms with Crippen LogP contribution in [0.4, 0.5) is 0 Å². The van der Waals surface area contributed by atoms with E-state index in [-0.39, 0.29) is 35.3 Å². The maximum absolute atomic E-state index is 11.6. The van der Waals surface area contributed by atoms with E-state index in [4.69, 9.17) is 16.0 Å². The zero-order chi connectivity index (χ0) is 10.7. The maximum Gasteiger partial charge on any atom is 0.287 e. The Kier molecular flexibility index (Phi) is 5.12. The predicted octanol–water partition coefficient (Wildman–Crippen LogP) is 1.84. The van der Waals surface area contributed by atoms with Crippen LogP contribution in [0.3, 0.4) is 0 Å². The Morgan fingerprint density at radius 2 is 2.12 bits per heavy atom. The van der Waals surface area contributed by atoms with Gasteiger partial charge in [0, 0.05) is 6.04 Å². The molecule has 90 valence electrons. The average molecular weight is 265 g/mol. The van der Waals surface area contributed by atoms with E-state index in [1.165, 1.54) is 0 Å². The first-order chi connectivity index (χ1) is 7.25. The van der Waals surface area contributed by atoms with Crippen LogP contribution in [-0.2, 0) is 0 Å². The first-order valence-electron chi connectivity index (χ1n) is 5.02. The normalized spacial score (nSPS) is 16.6. The first-order valence-corrected chi connectivity index (χ1v) is 5.40. The van der Waals surface area contributed by atoms with E-state index in [1.807, 2.05) is 0 Å². The monoisotopic (exact) mass is 264 g/mol. The zero-order valence-electron chi connectivity index (χ0n) is 8.66. The highest BCUT2D eigenvalue weighted by Crippen LogP contribution is 2.13. The lowest BCUT2D eigenvalue weighted by Crippen LogP contribution is -2.42. The van der Waals surface area contributed by atoms with Crippen molar-refractivity contribution in [3.05, 3.63) is 23.1 Å². The van der Waals surface area contributed by atoms with E-state index in [2.05, 4.69) is 10.6 Å². The van der Waals surface area contributed by atoms with Crippen molar-refractivity contribution in [2.75, 3.05) is 13.1 Å². The third kappa shape index (κ3) is 3.40. The highest BCUT2D eigenvalue weighted by Gasteiger charge is 2.18. The molecule has 1 aliphatic rings. The van der Waals surface area contributed by atoms with Gasteiger partial charge in [0.15, 0.2) is 11.0 Å². The molecule has 0 atom stereocenters. The van der Waals surface area contributed by atoms with Crippen LogP contribution in [0.5, 0.6) is 0 Å². The van der Waals surface area contributed by atoms with Crippen molar-refractivity contribution < 1.29 is 9.21 Å². The Hall–Kier alpha value is -0.710. The van der Waals surface area contributed by atoms with Gasteiger partial charge in [-0.25, -0.2) is 0 Å². The highest BCUT2D eigenvalue weighted by molar-refractivity contribution is 6.29. The summed E-state index contributed by atoms with van der Waals surface area (Å²) in [6.45, 7) is 1.90. The van der Waals surface area contributed by atoms with Crippen molar-refractivity contribution in [3.8, 4) is 0 Å². The molecule has 1 fully saturated rings. The second-order valence-corrected chi connectivity index (χ2v) is 3.97. The minimum atomic E-state index is -0.186. The molecule has 1 aromatic heterocycles. The number of hydrogen-bond donors (Lipinski definition) is 2. The summed E-state index contributed by atoms with van der Waals surface area (Å²) in [6, 6.07) is 3.39. The molecule has 0 radical (unpaired) electrons. The largest absolute Gasteiger partial charge is 0.440 e. The lowest BCUT2D eigenvalue weighted by atomic mass is 10.1. The number of hydrogen-bond acceptors (Lipinski definition) is 3. The van der Waals surface area contributed by atoms with E-state index in [1.54, 1.807) is 12.1 Å². The molecule has 4 nitrogen and oxygen atoms in total. The molecular formula is C10H14Cl2N2O2. The summed E-state index contributed by atoms with van der Waals surface area (Å²) in [7, 11) is 0. The molecule has 0 aromatic carbocycles. The van der Waals surface area contributed by atoms with Crippen LogP contribution in [0.1, 0.15) is 23.4 Å². The van der Waals surface area contributed by atoms with E-state index in [9.17, 15) is 4.79 Å². The van der Waals surface area contributed by atoms with E-state index < -0.39 is 0 Å². The third-order valence-electron chi connectivity index (χ3n) is 2.47. The Balaban J connectivity index is 0.00000128. The van der Waals surface area contributed by atoms with Gasteiger partial charge in [-0.2, -0.15) is 0 Å². The number of nitrogens with one attached hydrogen (secondary N) is 2. The smallest absolute Gasteiger partial charge is 0.287 e. The fourth-order valence-corrected chi connectivity index (χ4v) is 1.81. The van der Waals surface area contributed by atoms with Gasteiger partial charge in [0.2, 0.25) is 0 Å². The number of carbonyl (C=O) groups is 1. The Morgan fingerprint density at radius 3 is 2.69 bits per heavy atom. The van der Waals surface area contributed by atoms with Crippen LogP contribution >= 0.6 is 24.0 Å². The quantitative estimate of drug-likeness (QED) is 0.857. The summed E-state index contributed by atoms with van der Waals surface area (Å²) in [5.41, 5.74) is 0. The molecule has 1 saturated heterocycles. The molecule has 1 amide bonds. The van der Waals surface area contributed by atoms with Crippen molar-refractivity contribution in [1.82, 2.24) is 10.6 Å². The molecule has 0 aliphatic carbocycles. The summed E-state index contributed by atoms with van der Waals surface area (Å²) < 4.78 is 5.02. The van der Waals surface area contributed by atoms with Crippen molar-refractivity contribution in [1.29, 1.82) is 0 Å². The van der Waals surface area contributed by atoms with Crippen molar-refractivity contribution in [3.63, 3.8) is 0 Å². The van der Waals surface area contributed by atoms with Crippen LogP contribution in [0.15, 0.2) is 16.5 Å². The second-order valence-electron chi connectivity index (χ2n) is 3.60. The average Bonchev–Trinajstić information content (AvgIpc) is 2.66. The molecule has 6 heteroatoms. The molecule has 2 heterocycles. The molecule has 1 aliphatic heterocycles. The van der Waals surface area contributed by atoms with Crippen LogP contribution in [-0.4, -0.2) is 25.0 Å². The molecule has 0 unspecified atom stereocenters. The topological polar surface area (TPSA) is 54.3 Å². The first kappa shape index (κ1) is 13.4. The Bertz CT molecular complexity index is 348. The van der Waals surface area contributed by atoms with E-state index >= 15 is 0 Å². The van der Waals surface area contributed by atoms with Gasteiger partial charge in [-0.1, -0.05) is 0 Å². The molecule has 0 bridgehead atoms. The van der Waals surface area contributed by atoms with Gasteiger partial charge in [0.1, 0.15) is 0 Å². The number of amides is 1. The van der Waals surface area contributed by atoms with Crippen LogP contribution in [0.25, 0.3) is 0 Å². The van der Waals surface area contributed by atoms with Gasteiger partial charge in [-0.3, -0.25) is 4.79 Å². The van der Waals surface area contributed by atoms with Crippen LogP contribution < -0.4 is 10.6 Å². The molecule has 1 aromatic rings. The predicted molar refractivity (Wildman–Crippen MR) is 64.3 cm³/mol. The summed E-state index contributed by atoms with van der Waals surface area (Å²) >= 11 is 5.59. The summed E-state index contributed by atoms with van der Waals surface area (Å²) in [4.78, 5) is 11.6. The molecule has 16 heavy (non-hydrogen) atoms.